The lowest BCUT2D eigenvalue weighted by atomic mass is 10.2. The molecular weight excluding hydrogens is 247 g/mol. The third-order valence-corrected chi connectivity index (χ3v) is 2.08. The van der Waals surface area contributed by atoms with Crippen molar-refractivity contribution in [2.45, 2.75) is 6.92 Å². The lowest BCUT2D eigenvalue weighted by Gasteiger charge is -2.04. The average Bonchev–Trinajstić information content (AvgIpc) is 2.48. The highest BCUT2D eigenvalue weighted by atomic mass is 35.5. The highest BCUT2D eigenvalue weighted by molar-refractivity contribution is 5.85. The zero-order chi connectivity index (χ0) is 10.1. The summed E-state index contributed by atoms with van der Waals surface area (Å²) in [6, 6.07) is 7.92. The van der Waals surface area contributed by atoms with Gasteiger partial charge in [-0.05, 0) is 24.6 Å². The summed E-state index contributed by atoms with van der Waals surface area (Å²) in [5.41, 5.74) is 14.0. The molecule has 0 fully saturated rings. The molecule has 0 aliphatic carbocycles. The van der Waals surface area contributed by atoms with Crippen LogP contribution in [0.15, 0.2) is 30.5 Å². The van der Waals surface area contributed by atoms with Crippen molar-refractivity contribution in [1.29, 1.82) is 0 Å². The molecule has 0 amide bonds. The van der Waals surface area contributed by atoms with E-state index in [9.17, 15) is 0 Å². The molecule has 0 unspecified atom stereocenters. The first-order valence-corrected chi connectivity index (χ1v) is 4.34. The predicted octanol–water partition coefficient (Wildman–Crippen LogP) is 2.19. The van der Waals surface area contributed by atoms with Gasteiger partial charge in [0.25, 0.3) is 0 Å². The summed E-state index contributed by atoms with van der Waals surface area (Å²) in [7, 11) is 0. The monoisotopic (exact) mass is 260 g/mol. The van der Waals surface area contributed by atoms with Crippen molar-refractivity contribution in [1.82, 2.24) is 9.78 Å². The second kappa shape index (κ2) is 5.63. The van der Waals surface area contributed by atoms with Gasteiger partial charge in [0, 0.05) is 0 Å². The van der Waals surface area contributed by atoms with E-state index in [4.69, 9.17) is 11.5 Å². The van der Waals surface area contributed by atoms with E-state index in [1.54, 1.807) is 10.9 Å². The number of hydrogen-bond acceptors (Lipinski definition) is 3. The zero-order valence-corrected chi connectivity index (χ0v) is 10.4. The van der Waals surface area contributed by atoms with Crippen molar-refractivity contribution < 1.29 is 0 Å². The molecule has 1 heterocycles. The minimum absolute atomic E-state index is 0. The Labute approximate surface area is 106 Å². The van der Waals surface area contributed by atoms with Crippen molar-refractivity contribution >= 4 is 36.3 Å². The van der Waals surface area contributed by atoms with Crippen LogP contribution >= 0.6 is 24.8 Å². The molecule has 2 rings (SSSR count). The number of aromatic nitrogens is 2. The summed E-state index contributed by atoms with van der Waals surface area (Å²) < 4.78 is 1.63. The zero-order valence-electron chi connectivity index (χ0n) is 8.75. The van der Waals surface area contributed by atoms with Crippen LogP contribution in [0.2, 0.25) is 0 Å². The van der Waals surface area contributed by atoms with Crippen molar-refractivity contribution in [3.05, 3.63) is 36.0 Å². The van der Waals surface area contributed by atoms with Crippen LogP contribution < -0.4 is 11.5 Å². The van der Waals surface area contributed by atoms with E-state index in [-0.39, 0.29) is 24.8 Å². The molecule has 0 radical (unpaired) electrons. The maximum absolute atomic E-state index is 5.76. The van der Waals surface area contributed by atoms with Crippen LogP contribution in [0.3, 0.4) is 0 Å². The Morgan fingerprint density at radius 3 is 2.38 bits per heavy atom. The second-order valence-electron chi connectivity index (χ2n) is 3.24. The number of nitrogens with two attached hydrogens (primary N) is 2. The first kappa shape index (κ1) is 14.6. The van der Waals surface area contributed by atoms with E-state index in [1.807, 2.05) is 31.2 Å². The van der Waals surface area contributed by atoms with E-state index in [0.29, 0.717) is 11.5 Å². The summed E-state index contributed by atoms with van der Waals surface area (Å²) in [5.74, 6) is 0.482. The Morgan fingerprint density at radius 2 is 1.88 bits per heavy atom. The quantitative estimate of drug-likeness (QED) is 0.826. The van der Waals surface area contributed by atoms with Crippen LogP contribution in [-0.2, 0) is 0 Å². The van der Waals surface area contributed by atoms with E-state index >= 15 is 0 Å². The van der Waals surface area contributed by atoms with Gasteiger partial charge in [-0.2, -0.15) is 5.10 Å². The summed E-state index contributed by atoms with van der Waals surface area (Å²) in [6.45, 7) is 2.02. The normalized spacial score (nSPS) is 9.06. The second-order valence-corrected chi connectivity index (χ2v) is 3.24. The predicted molar refractivity (Wildman–Crippen MR) is 71.6 cm³/mol. The van der Waals surface area contributed by atoms with Crippen LogP contribution in [0.25, 0.3) is 5.69 Å². The van der Waals surface area contributed by atoms with Gasteiger partial charge in [-0.3, -0.25) is 0 Å². The van der Waals surface area contributed by atoms with E-state index in [0.717, 1.165) is 11.3 Å². The van der Waals surface area contributed by atoms with Gasteiger partial charge in [0.15, 0.2) is 0 Å². The summed E-state index contributed by atoms with van der Waals surface area (Å²) in [5, 5.41) is 4.09. The molecule has 4 N–H and O–H groups in total. The number of nitrogen functional groups attached to an aromatic ring is 2. The van der Waals surface area contributed by atoms with Gasteiger partial charge in [-0.25, -0.2) is 4.68 Å². The minimum Gasteiger partial charge on any atom is -0.394 e. The fraction of sp³-hybridized carbons (Fsp3) is 0.100. The van der Waals surface area contributed by atoms with Crippen LogP contribution in [0.1, 0.15) is 5.56 Å². The van der Waals surface area contributed by atoms with Crippen molar-refractivity contribution in [3.63, 3.8) is 0 Å². The number of anilines is 2. The lowest BCUT2D eigenvalue weighted by molar-refractivity contribution is 0.890. The molecule has 1 aromatic heterocycles. The summed E-state index contributed by atoms with van der Waals surface area (Å²) in [4.78, 5) is 0. The van der Waals surface area contributed by atoms with Gasteiger partial charge in [0.05, 0.1) is 17.6 Å². The maximum Gasteiger partial charge on any atom is 0.150 e. The smallest absolute Gasteiger partial charge is 0.150 e. The molecule has 4 nitrogen and oxygen atoms in total. The SMILES string of the molecule is Cc1cccc(-n2ncc(N)c2N)c1.Cl.Cl. The summed E-state index contributed by atoms with van der Waals surface area (Å²) in [6.07, 6.45) is 1.55. The fourth-order valence-electron chi connectivity index (χ4n) is 1.34. The van der Waals surface area contributed by atoms with Crippen molar-refractivity contribution in [2.75, 3.05) is 11.5 Å². The first-order valence-electron chi connectivity index (χ1n) is 4.34. The van der Waals surface area contributed by atoms with Gasteiger partial charge in [-0.15, -0.1) is 24.8 Å². The first-order chi connectivity index (χ1) is 6.68. The molecule has 0 spiro atoms. The highest BCUT2D eigenvalue weighted by Gasteiger charge is 2.05. The van der Waals surface area contributed by atoms with Crippen LogP contribution in [0.4, 0.5) is 11.5 Å². The molecule has 0 saturated heterocycles. The average molecular weight is 261 g/mol. The Morgan fingerprint density at radius 1 is 1.19 bits per heavy atom. The van der Waals surface area contributed by atoms with Gasteiger partial charge in [0.2, 0.25) is 0 Å². The molecule has 0 bridgehead atoms. The minimum atomic E-state index is 0. The number of benzene rings is 1. The van der Waals surface area contributed by atoms with Gasteiger partial charge in [0.1, 0.15) is 5.82 Å². The summed E-state index contributed by atoms with van der Waals surface area (Å²) >= 11 is 0. The Balaban J connectivity index is 0.00000112. The third kappa shape index (κ3) is 2.59. The van der Waals surface area contributed by atoms with E-state index < -0.39 is 0 Å². The van der Waals surface area contributed by atoms with Crippen LogP contribution in [-0.4, -0.2) is 9.78 Å². The number of aryl methyl sites for hydroxylation is 1. The topological polar surface area (TPSA) is 69.9 Å². The highest BCUT2D eigenvalue weighted by Crippen LogP contribution is 2.18. The number of halogens is 2. The number of rotatable bonds is 1. The number of nitrogens with zero attached hydrogens (tertiary/aromatic N) is 2. The molecule has 0 aliphatic rings. The molecule has 2 aromatic rings. The van der Waals surface area contributed by atoms with E-state index in [2.05, 4.69) is 5.10 Å². The molecule has 0 atom stereocenters. The largest absolute Gasteiger partial charge is 0.394 e. The Kier molecular flexibility index (Phi) is 5.14. The molecule has 6 heteroatoms. The molecule has 0 aliphatic heterocycles. The van der Waals surface area contributed by atoms with Crippen molar-refractivity contribution in [2.24, 2.45) is 0 Å². The van der Waals surface area contributed by atoms with Crippen LogP contribution in [0, 0.1) is 6.92 Å². The fourth-order valence-corrected chi connectivity index (χ4v) is 1.34. The standard InChI is InChI=1S/C10H12N4.2ClH/c1-7-3-2-4-8(5-7)14-10(12)9(11)6-13-14;;/h2-6H,11-12H2,1H3;2*1H. The van der Waals surface area contributed by atoms with Gasteiger partial charge in [-0.1, -0.05) is 12.1 Å². The van der Waals surface area contributed by atoms with Gasteiger partial charge < -0.3 is 11.5 Å². The van der Waals surface area contributed by atoms with E-state index in [1.165, 1.54) is 0 Å². The number of hydrogen-bond donors (Lipinski definition) is 2. The van der Waals surface area contributed by atoms with Gasteiger partial charge >= 0.3 is 0 Å². The molecule has 0 saturated carbocycles. The molecule has 1 aromatic carbocycles. The molecule has 16 heavy (non-hydrogen) atoms. The molecule has 88 valence electrons. The Bertz CT molecular complexity index is 468. The van der Waals surface area contributed by atoms with Crippen molar-refractivity contribution in [3.8, 4) is 5.69 Å². The Hall–Kier alpha value is -1.39. The molecular formula is C10H14Cl2N4. The maximum atomic E-state index is 5.76. The third-order valence-electron chi connectivity index (χ3n) is 2.08. The van der Waals surface area contributed by atoms with Crippen LogP contribution in [0.5, 0.6) is 0 Å². The lowest BCUT2D eigenvalue weighted by Crippen LogP contribution is -2.03.